The topological polar surface area (TPSA) is 42.1 Å². The summed E-state index contributed by atoms with van der Waals surface area (Å²) in [6.45, 7) is 2.73. The van der Waals surface area contributed by atoms with E-state index < -0.39 is 11.7 Å². The molecule has 0 radical (unpaired) electrons. The first-order chi connectivity index (χ1) is 8.38. The average Bonchev–Trinajstić information content (AvgIpc) is 2.27. The van der Waals surface area contributed by atoms with Crippen LogP contribution in [0.2, 0.25) is 0 Å². The van der Waals surface area contributed by atoms with Crippen LogP contribution in [0.4, 0.5) is 24.8 Å². The van der Waals surface area contributed by atoms with Crippen LogP contribution < -0.4 is 10.6 Å². The minimum Gasteiger partial charge on any atom is -0.384 e. The SMILES string of the molecule is CC1CCCCN1c1cc(C(F)(F)F)cc(N)n1. The molecule has 1 saturated heterocycles. The molecule has 1 atom stereocenters. The number of halogens is 3. The third-order valence-corrected chi connectivity index (χ3v) is 3.26. The largest absolute Gasteiger partial charge is 0.416 e. The molecule has 0 saturated carbocycles. The van der Waals surface area contributed by atoms with Gasteiger partial charge in [-0.05, 0) is 38.3 Å². The lowest BCUT2D eigenvalue weighted by Crippen LogP contribution is -2.38. The zero-order valence-corrected chi connectivity index (χ0v) is 10.2. The summed E-state index contributed by atoms with van der Waals surface area (Å²) in [4.78, 5) is 5.92. The van der Waals surface area contributed by atoms with Crippen LogP contribution in [0, 0.1) is 0 Å². The van der Waals surface area contributed by atoms with Crippen molar-refractivity contribution in [1.29, 1.82) is 0 Å². The van der Waals surface area contributed by atoms with E-state index in [1.807, 2.05) is 11.8 Å². The van der Waals surface area contributed by atoms with Gasteiger partial charge in [-0.3, -0.25) is 0 Å². The van der Waals surface area contributed by atoms with Gasteiger partial charge in [-0.15, -0.1) is 0 Å². The van der Waals surface area contributed by atoms with Gasteiger partial charge in [-0.1, -0.05) is 0 Å². The van der Waals surface area contributed by atoms with Crippen molar-refractivity contribution < 1.29 is 13.2 Å². The molecule has 2 heterocycles. The van der Waals surface area contributed by atoms with Crippen molar-refractivity contribution >= 4 is 11.6 Å². The predicted molar refractivity (Wildman–Crippen MR) is 64.3 cm³/mol. The molecule has 0 amide bonds. The lowest BCUT2D eigenvalue weighted by Gasteiger charge is -2.34. The normalized spacial score (nSPS) is 21.1. The highest BCUT2D eigenvalue weighted by molar-refractivity contribution is 5.50. The fourth-order valence-electron chi connectivity index (χ4n) is 2.29. The van der Waals surface area contributed by atoms with Gasteiger partial charge >= 0.3 is 6.18 Å². The number of anilines is 2. The van der Waals surface area contributed by atoms with Crippen LogP contribution in [0.15, 0.2) is 12.1 Å². The lowest BCUT2D eigenvalue weighted by atomic mass is 10.0. The number of hydrogen-bond donors (Lipinski definition) is 1. The maximum Gasteiger partial charge on any atom is 0.416 e. The second-order valence-electron chi connectivity index (χ2n) is 4.67. The first kappa shape index (κ1) is 13.0. The third-order valence-electron chi connectivity index (χ3n) is 3.26. The van der Waals surface area contributed by atoms with Crippen molar-refractivity contribution in [3.8, 4) is 0 Å². The fourth-order valence-corrected chi connectivity index (χ4v) is 2.29. The van der Waals surface area contributed by atoms with E-state index in [1.165, 1.54) is 0 Å². The molecule has 0 bridgehead atoms. The number of rotatable bonds is 1. The maximum absolute atomic E-state index is 12.7. The Morgan fingerprint density at radius 2 is 2.06 bits per heavy atom. The molecule has 2 rings (SSSR count). The van der Waals surface area contributed by atoms with Crippen molar-refractivity contribution in [3.05, 3.63) is 17.7 Å². The standard InChI is InChI=1S/C12H16F3N3/c1-8-4-2-3-5-18(8)11-7-9(12(13,14)15)6-10(16)17-11/h6-8H,2-5H2,1H3,(H2,16,17). The number of nitrogen functional groups attached to an aromatic ring is 1. The highest BCUT2D eigenvalue weighted by atomic mass is 19.4. The Morgan fingerprint density at radius 1 is 1.33 bits per heavy atom. The summed E-state index contributed by atoms with van der Waals surface area (Å²) in [5.74, 6) is 0.243. The molecular weight excluding hydrogens is 243 g/mol. The zero-order chi connectivity index (χ0) is 13.3. The summed E-state index contributed by atoms with van der Waals surface area (Å²) in [7, 11) is 0. The van der Waals surface area contributed by atoms with Crippen LogP contribution in [0.1, 0.15) is 31.7 Å². The lowest BCUT2D eigenvalue weighted by molar-refractivity contribution is -0.137. The zero-order valence-electron chi connectivity index (χ0n) is 10.2. The van der Waals surface area contributed by atoms with Crippen molar-refractivity contribution in [1.82, 2.24) is 4.98 Å². The monoisotopic (exact) mass is 259 g/mol. The smallest absolute Gasteiger partial charge is 0.384 e. The molecule has 18 heavy (non-hydrogen) atoms. The number of hydrogen-bond acceptors (Lipinski definition) is 3. The minimum absolute atomic E-state index is 0.0856. The second kappa shape index (κ2) is 4.66. The van der Waals surface area contributed by atoms with E-state index in [1.54, 1.807) is 0 Å². The van der Waals surface area contributed by atoms with Gasteiger partial charge in [0.2, 0.25) is 0 Å². The molecule has 1 fully saturated rings. The molecule has 1 aromatic rings. The van der Waals surface area contributed by atoms with Crippen LogP contribution in [-0.2, 0) is 6.18 Å². The van der Waals surface area contributed by atoms with E-state index in [0.29, 0.717) is 5.82 Å². The number of pyridine rings is 1. The minimum atomic E-state index is -4.38. The first-order valence-electron chi connectivity index (χ1n) is 5.99. The Morgan fingerprint density at radius 3 is 2.67 bits per heavy atom. The van der Waals surface area contributed by atoms with Gasteiger partial charge < -0.3 is 10.6 Å². The Balaban J connectivity index is 2.35. The van der Waals surface area contributed by atoms with Crippen molar-refractivity contribution in [3.63, 3.8) is 0 Å². The molecule has 1 unspecified atom stereocenters. The predicted octanol–water partition coefficient (Wildman–Crippen LogP) is 3.06. The molecule has 3 nitrogen and oxygen atoms in total. The number of piperidine rings is 1. The molecule has 1 aliphatic heterocycles. The van der Waals surface area contributed by atoms with Gasteiger partial charge in [-0.2, -0.15) is 13.2 Å². The third kappa shape index (κ3) is 2.68. The summed E-state index contributed by atoms with van der Waals surface area (Å²) >= 11 is 0. The number of nitrogens with two attached hydrogens (primary N) is 1. The van der Waals surface area contributed by atoms with Gasteiger partial charge in [0.25, 0.3) is 0 Å². The van der Waals surface area contributed by atoms with Crippen LogP contribution in [0.3, 0.4) is 0 Å². The number of nitrogens with zero attached hydrogens (tertiary/aromatic N) is 2. The van der Waals surface area contributed by atoms with Crippen LogP contribution >= 0.6 is 0 Å². The molecule has 1 aliphatic rings. The molecular formula is C12H16F3N3. The van der Waals surface area contributed by atoms with E-state index >= 15 is 0 Å². The molecule has 6 heteroatoms. The van der Waals surface area contributed by atoms with Gasteiger partial charge in [0.05, 0.1) is 5.56 Å². The summed E-state index contributed by atoms with van der Waals surface area (Å²) in [6, 6.07) is 2.16. The Bertz CT molecular complexity index is 431. The molecule has 100 valence electrons. The van der Waals surface area contributed by atoms with Gasteiger partial charge in [0, 0.05) is 12.6 Å². The second-order valence-corrected chi connectivity index (χ2v) is 4.67. The Labute approximate surface area is 104 Å². The van der Waals surface area contributed by atoms with Crippen LogP contribution in [0.25, 0.3) is 0 Å². The van der Waals surface area contributed by atoms with Crippen LogP contribution in [-0.4, -0.2) is 17.6 Å². The van der Waals surface area contributed by atoms with Gasteiger partial charge in [0.15, 0.2) is 0 Å². The maximum atomic E-state index is 12.7. The average molecular weight is 259 g/mol. The summed E-state index contributed by atoms with van der Waals surface area (Å²) in [5, 5.41) is 0. The summed E-state index contributed by atoms with van der Waals surface area (Å²) in [5.41, 5.74) is 4.74. The summed E-state index contributed by atoms with van der Waals surface area (Å²) in [6.07, 6.45) is -1.34. The van der Waals surface area contributed by atoms with E-state index in [-0.39, 0.29) is 11.9 Å². The molecule has 1 aromatic heterocycles. The van der Waals surface area contributed by atoms with Gasteiger partial charge in [-0.25, -0.2) is 4.98 Å². The van der Waals surface area contributed by atoms with Crippen molar-refractivity contribution in [2.45, 2.75) is 38.4 Å². The molecule has 0 spiro atoms. The van der Waals surface area contributed by atoms with E-state index in [2.05, 4.69) is 4.98 Å². The number of alkyl halides is 3. The van der Waals surface area contributed by atoms with E-state index in [4.69, 9.17) is 5.73 Å². The Hall–Kier alpha value is -1.46. The Kier molecular flexibility index (Phi) is 3.36. The van der Waals surface area contributed by atoms with E-state index in [9.17, 15) is 13.2 Å². The van der Waals surface area contributed by atoms with Crippen LogP contribution in [0.5, 0.6) is 0 Å². The van der Waals surface area contributed by atoms with Crippen molar-refractivity contribution in [2.75, 3.05) is 17.2 Å². The number of aromatic nitrogens is 1. The highest BCUT2D eigenvalue weighted by Gasteiger charge is 2.32. The fraction of sp³-hybridized carbons (Fsp3) is 0.583. The van der Waals surface area contributed by atoms with E-state index in [0.717, 1.165) is 37.9 Å². The first-order valence-corrected chi connectivity index (χ1v) is 5.99. The molecule has 2 N–H and O–H groups in total. The van der Waals surface area contributed by atoms with Crippen molar-refractivity contribution in [2.24, 2.45) is 0 Å². The quantitative estimate of drug-likeness (QED) is 0.842. The molecule has 0 aromatic carbocycles. The summed E-state index contributed by atoms with van der Waals surface area (Å²) < 4.78 is 38.1. The molecule has 0 aliphatic carbocycles. The highest BCUT2D eigenvalue weighted by Crippen LogP contribution is 2.33. The van der Waals surface area contributed by atoms with Gasteiger partial charge in [0.1, 0.15) is 11.6 Å².